The summed E-state index contributed by atoms with van der Waals surface area (Å²) in [5.74, 6) is 2.99. The Balaban J connectivity index is 2.16. The molecule has 12 heavy (non-hydrogen) atoms. The summed E-state index contributed by atoms with van der Waals surface area (Å²) in [6.45, 7) is 4.14. The van der Waals surface area contributed by atoms with E-state index in [4.69, 9.17) is 0 Å². The van der Waals surface area contributed by atoms with Crippen LogP contribution < -0.4 is 5.32 Å². The highest BCUT2D eigenvalue weighted by Gasteiger charge is 2.17. The van der Waals surface area contributed by atoms with Crippen LogP contribution in [0.5, 0.6) is 0 Å². The number of thioether (sulfide) groups is 1. The van der Waals surface area contributed by atoms with Crippen molar-refractivity contribution in [2.75, 3.05) is 11.5 Å². The molecular formula is C9H17NOS. The molecule has 1 N–H and O–H groups in total. The summed E-state index contributed by atoms with van der Waals surface area (Å²) in [6, 6.07) is 0.446. The van der Waals surface area contributed by atoms with Crippen LogP contribution in [0.15, 0.2) is 0 Å². The lowest BCUT2D eigenvalue weighted by molar-refractivity contribution is -0.122. The Hall–Kier alpha value is -0.180. The Bertz CT molecular complexity index is 153. The molecule has 1 saturated heterocycles. The monoisotopic (exact) mass is 187 g/mol. The summed E-state index contributed by atoms with van der Waals surface area (Å²) in [5.41, 5.74) is 0. The number of hydrogen-bond acceptors (Lipinski definition) is 2. The van der Waals surface area contributed by atoms with Gasteiger partial charge < -0.3 is 5.32 Å². The van der Waals surface area contributed by atoms with E-state index in [1.165, 1.54) is 5.75 Å². The van der Waals surface area contributed by atoms with Crippen LogP contribution in [-0.4, -0.2) is 23.5 Å². The van der Waals surface area contributed by atoms with Crippen molar-refractivity contribution in [3.8, 4) is 0 Å². The van der Waals surface area contributed by atoms with Crippen LogP contribution in [0.1, 0.15) is 26.7 Å². The first-order valence-electron chi connectivity index (χ1n) is 4.55. The normalized spacial score (nSPS) is 23.1. The van der Waals surface area contributed by atoms with Gasteiger partial charge in [-0.3, -0.25) is 4.79 Å². The minimum atomic E-state index is 0.220. The van der Waals surface area contributed by atoms with Gasteiger partial charge in [0.2, 0.25) is 5.91 Å². The van der Waals surface area contributed by atoms with E-state index in [-0.39, 0.29) is 5.91 Å². The first-order chi connectivity index (χ1) is 5.68. The number of carbonyl (C=O) groups is 1. The molecule has 1 rings (SSSR count). The fraction of sp³-hybridized carbons (Fsp3) is 0.889. The second kappa shape index (κ2) is 4.75. The largest absolute Gasteiger partial charge is 0.353 e. The molecule has 0 spiro atoms. The van der Waals surface area contributed by atoms with Gasteiger partial charge in [-0.2, -0.15) is 11.8 Å². The average Bonchev–Trinajstić information content (AvgIpc) is 2.37. The summed E-state index contributed by atoms with van der Waals surface area (Å²) in [7, 11) is 0. The first kappa shape index (κ1) is 9.90. The second-order valence-corrected chi connectivity index (χ2v) is 4.88. The maximum Gasteiger partial charge on any atom is 0.220 e. The molecule has 0 radical (unpaired) electrons. The Kier molecular flexibility index (Phi) is 3.92. The minimum Gasteiger partial charge on any atom is -0.353 e. The van der Waals surface area contributed by atoms with Gasteiger partial charge in [0.1, 0.15) is 0 Å². The van der Waals surface area contributed by atoms with Gasteiger partial charge in [0, 0.05) is 18.2 Å². The SMILES string of the molecule is CC(C)CC(=O)NC1CCSC1. The quantitative estimate of drug-likeness (QED) is 0.728. The zero-order chi connectivity index (χ0) is 8.97. The van der Waals surface area contributed by atoms with Gasteiger partial charge in [0.15, 0.2) is 0 Å². The molecule has 0 bridgehead atoms. The van der Waals surface area contributed by atoms with Crippen molar-refractivity contribution in [1.29, 1.82) is 0 Å². The number of amides is 1. The fourth-order valence-electron chi connectivity index (χ4n) is 1.31. The number of carbonyl (C=O) groups excluding carboxylic acids is 1. The maximum atomic E-state index is 11.3. The summed E-state index contributed by atoms with van der Waals surface area (Å²) in [5, 5.41) is 3.05. The second-order valence-electron chi connectivity index (χ2n) is 3.73. The van der Waals surface area contributed by atoms with Crippen molar-refractivity contribution in [2.45, 2.75) is 32.7 Å². The molecule has 1 aliphatic rings. The lowest BCUT2D eigenvalue weighted by atomic mass is 10.1. The zero-order valence-corrected chi connectivity index (χ0v) is 8.62. The summed E-state index contributed by atoms with van der Waals surface area (Å²) in [4.78, 5) is 11.3. The standard InChI is InChI=1S/C9H17NOS/c1-7(2)5-9(11)10-8-3-4-12-6-8/h7-8H,3-6H2,1-2H3,(H,10,11). The van der Waals surface area contributed by atoms with E-state index < -0.39 is 0 Å². The van der Waals surface area contributed by atoms with Crippen LogP contribution >= 0.6 is 11.8 Å². The molecule has 2 nitrogen and oxygen atoms in total. The average molecular weight is 187 g/mol. The van der Waals surface area contributed by atoms with Gasteiger partial charge in [0.05, 0.1) is 0 Å². The van der Waals surface area contributed by atoms with Crippen LogP contribution in [0, 0.1) is 5.92 Å². The zero-order valence-electron chi connectivity index (χ0n) is 7.80. The van der Waals surface area contributed by atoms with Crippen molar-refractivity contribution < 1.29 is 4.79 Å². The van der Waals surface area contributed by atoms with Crippen LogP contribution in [0.4, 0.5) is 0 Å². The molecule has 1 atom stereocenters. The van der Waals surface area contributed by atoms with E-state index in [1.807, 2.05) is 11.8 Å². The molecule has 70 valence electrons. The Morgan fingerprint density at radius 1 is 1.67 bits per heavy atom. The van der Waals surface area contributed by atoms with E-state index in [0.717, 1.165) is 12.2 Å². The van der Waals surface area contributed by atoms with Gasteiger partial charge in [-0.15, -0.1) is 0 Å². The Labute approximate surface area is 78.5 Å². The molecule has 0 saturated carbocycles. The van der Waals surface area contributed by atoms with Gasteiger partial charge in [-0.05, 0) is 18.1 Å². The van der Waals surface area contributed by atoms with Crippen molar-refractivity contribution in [2.24, 2.45) is 5.92 Å². The topological polar surface area (TPSA) is 29.1 Å². The fourth-order valence-corrected chi connectivity index (χ4v) is 2.46. The smallest absolute Gasteiger partial charge is 0.220 e. The summed E-state index contributed by atoms with van der Waals surface area (Å²) >= 11 is 1.93. The molecule has 3 heteroatoms. The molecule has 1 heterocycles. The third kappa shape index (κ3) is 3.48. The number of nitrogens with one attached hydrogen (secondary N) is 1. The predicted molar refractivity (Wildman–Crippen MR) is 53.3 cm³/mol. The molecule has 0 aromatic rings. The van der Waals surface area contributed by atoms with E-state index >= 15 is 0 Å². The number of rotatable bonds is 3. The Morgan fingerprint density at radius 2 is 2.42 bits per heavy atom. The molecule has 1 amide bonds. The van der Waals surface area contributed by atoms with Gasteiger partial charge in [-0.1, -0.05) is 13.8 Å². The van der Waals surface area contributed by atoms with Crippen LogP contribution in [0.2, 0.25) is 0 Å². The summed E-state index contributed by atoms with van der Waals surface area (Å²) < 4.78 is 0. The third-order valence-electron chi connectivity index (χ3n) is 1.89. The highest BCUT2D eigenvalue weighted by Crippen LogP contribution is 2.17. The van der Waals surface area contributed by atoms with Crippen molar-refractivity contribution in [3.63, 3.8) is 0 Å². The molecule has 1 aliphatic heterocycles. The third-order valence-corrected chi connectivity index (χ3v) is 3.05. The maximum absolute atomic E-state index is 11.3. The highest BCUT2D eigenvalue weighted by atomic mass is 32.2. The molecule has 1 unspecified atom stereocenters. The van der Waals surface area contributed by atoms with Crippen LogP contribution in [0.25, 0.3) is 0 Å². The van der Waals surface area contributed by atoms with Gasteiger partial charge in [-0.25, -0.2) is 0 Å². The molecule has 0 aromatic carbocycles. The van der Waals surface area contributed by atoms with E-state index in [1.54, 1.807) is 0 Å². The highest BCUT2D eigenvalue weighted by molar-refractivity contribution is 7.99. The molecule has 1 fully saturated rings. The van der Waals surface area contributed by atoms with Crippen molar-refractivity contribution in [1.82, 2.24) is 5.32 Å². The summed E-state index contributed by atoms with van der Waals surface area (Å²) in [6.07, 6.45) is 1.82. The van der Waals surface area contributed by atoms with Crippen LogP contribution in [0.3, 0.4) is 0 Å². The lowest BCUT2D eigenvalue weighted by Crippen LogP contribution is -2.35. The lowest BCUT2D eigenvalue weighted by Gasteiger charge is -2.11. The van der Waals surface area contributed by atoms with Crippen LogP contribution in [-0.2, 0) is 4.79 Å². The Morgan fingerprint density at radius 3 is 2.92 bits per heavy atom. The molecule has 0 aliphatic carbocycles. The number of hydrogen-bond donors (Lipinski definition) is 1. The van der Waals surface area contributed by atoms with Gasteiger partial charge in [0.25, 0.3) is 0 Å². The van der Waals surface area contributed by atoms with E-state index in [9.17, 15) is 4.79 Å². The molecule has 0 aromatic heterocycles. The minimum absolute atomic E-state index is 0.220. The predicted octanol–water partition coefficient (Wildman–Crippen LogP) is 1.65. The first-order valence-corrected chi connectivity index (χ1v) is 5.71. The van der Waals surface area contributed by atoms with E-state index in [2.05, 4.69) is 19.2 Å². The van der Waals surface area contributed by atoms with Gasteiger partial charge >= 0.3 is 0 Å². The van der Waals surface area contributed by atoms with E-state index in [0.29, 0.717) is 18.4 Å². The molecular weight excluding hydrogens is 170 g/mol. The van der Waals surface area contributed by atoms with Crippen molar-refractivity contribution >= 4 is 17.7 Å². The van der Waals surface area contributed by atoms with Crippen molar-refractivity contribution in [3.05, 3.63) is 0 Å².